The average Bonchev–Trinajstić information content (AvgIpc) is 2.48. The molecule has 0 atom stereocenters. The molecular formula is C18H18O2. The molecule has 2 rings (SSSR count). The van der Waals surface area contributed by atoms with E-state index in [1.54, 1.807) is 6.92 Å². The van der Waals surface area contributed by atoms with Crippen molar-refractivity contribution in [2.45, 2.75) is 13.8 Å². The zero-order valence-corrected chi connectivity index (χ0v) is 11.8. The molecule has 0 aliphatic rings. The first kappa shape index (κ1) is 14.1. The highest BCUT2D eigenvalue weighted by molar-refractivity contribution is 5.91. The summed E-state index contributed by atoms with van der Waals surface area (Å²) >= 11 is 0. The number of ether oxygens (including phenoxy) is 1. The molecule has 102 valence electrons. The highest BCUT2D eigenvalue weighted by Crippen LogP contribution is 2.22. The van der Waals surface area contributed by atoms with Crippen LogP contribution in [0.5, 0.6) is 0 Å². The summed E-state index contributed by atoms with van der Waals surface area (Å²) in [5, 5.41) is 0. The molecule has 0 spiro atoms. The van der Waals surface area contributed by atoms with E-state index in [2.05, 4.69) is 24.3 Å². The molecule has 2 nitrogen and oxygen atoms in total. The lowest BCUT2D eigenvalue weighted by molar-refractivity contribution is -0.137. The van der Waals surface area contributed by atoms with Gasteiger partial charge >= 0.3 is 5.97 Å². The van der Waals surface area contributed by atoms with Gasteiger partial charge in [-0.15, -0.1) is 0 Å². The minimum Gasteiger partial charge on any atom is -0.463 e. The maximum absolute atomic E-state index is 11.4. The SMILES string of the molecule is CCOC(=O)/C=C(\C)c1ccc(-c2ccccc2)cc1. The van der Waals surface area contributed by atoms with Gasteiger partial charge in [0.1, 0.15) is 0 Å². The fraction of sp³-hybridized carbons (Fsp3) is 0.167. The average molecular weight is 266 g/mol. The van der Waals surface area contributed by atoms with E-state index in [-0.39, 0.29) is 5.97 Å². The Morgan fingerprint density at radius 3 is 2.20 bits per heavy atom. The summed E-state index contributed by atoms with van der Waals surface area (Å²) in [4.78, 5) is 11.4. The van der Waals surface area contributed by atoms with Crippen molar-refractivity contribution in [3.05, 3.63) is 66.2 Å². The van der Waals surface area contributed by atoms with Gasteiger partial charge < -0.3 is 4.74 Å². The van der Waals surface area contributed by atoms with E-state index >= 15 is 0 Å². The van der Waals surface area contributed by atoms with Crippen LogP contribution in [-0.4, -0.2) is 12.6 Å². The van der Waals surface area contributed by atoms with Gasteiger partial charge in [-0.25, -0.2) is 4.79 Å². The van der Waals surface area contributed by atoms with Crippen LogP contribution in [0.25, 0.3) is 16.7 Å². The number of carbonyl (C=O) groups is 1. The number of carbonyl (C=O) groups excluding carboxylic acids is 1. The molecule has 0 saturated heterocycles. The minimum absolute atomic E-state index is 0.294. The second-order valence-corrected chi connectivity index (χ2v) is 4.52. The highest BCUT2D eigenvalue weighted by atomic mass is 16.5. The molecule has 2 aromatic rings. The molecule has 0 unspecified atom stereocenters. The fourth-order valence-electron chi connectivity index (χ4n) is 2.00. The largest absolute Gasteiger partial charge is 0.463 e. The Morgan fingerprint density at radius 2 is 1.60 bits per heavy atom. The van der Waals surface area contributed by atoms with E-state index in [1.165, 1.54) is 17.2 Å². The van der Waals surface area contributed by atoms with E-state index in [9.17, 15) is 4.79 Å². The van der Waals surface area contributed by atoms with Gasteiger partial charge in [0.2, 0.25) is 0 Å². The highest BCUT2D eigenvalue weighted by Gasteiger charge is 2.02. The zero-order valence-electron chi connectivity index (χ0n) is 11.8. The second kappa shape index (κ2) is 6.71. The van der Waals surface area contributed by atoms with Crippen LogP contribution in [0, 0.1) is 0 Å². The van der Waals surface area contributed by atoms with Crippen LogP contribution in [0.1, 0.15) is 19.4 Å². The van der Waals surface area contributed by atoms with E-state index in [1.807, 2.05) is 37.3 Å². The number of benzene rings is 2. The smallest absolute Gasteiger partial charge is 0.331 e. The van der Waals surface area contributed by atoms with Crippen LogP contribution in [0.2, 0.25) is 0 Å². The van der Waals surface area contributed by atoms with Gasteiger partial charge in [0.25, 0.3) is 0 Å². The molecule has 0 heterocycles. The first-order chi connectivity index (χ1) is 9.70. The van der Waals surface area contributed by atoms with E-state index in [4.69, 9.17) is 4.74 Å². The topological polar surface area (TPSA) is 26.3 Å². The lowest BCUT2D eigenvalue weighted by Crippen LogP contribution is -2.00. The Labute approximate surface area is 119 Å². The summed E-state index contributed by atoms with van der Waals surface area (Å²) in [7, 11) is 0. The fourth-order valence-corrected chi connectivity index (χ4v) is 2.00. The molecule has 0 amide bonds. The van der Waals surface area contributed by atoms with Gasteiger partial charge in [-0.3, -0.25) is 0 Å². The van der Waals surface area contributed by atoms with Gasteiger partial charge in [-0.2, -0.15) is 0 Å². The standard InChI is InChI=1S/C18H18O2/c1-3-20-18(19)13-14(2)15-9-11-17(12-10-15)16-7-5-4-6-8-16/h4-13H,3H2,1-2H3/b14-13+. The summed E-state index contributed by atoms with van der Waals surface area (Å²) in [5.74, 6) is -0.294. The van der Waals surface area contributed by atoms with Crippen molar-refractivity contribution in [2.24, 2.45) is 0 Å². The molecule has 0 fully saturated rings. The van der Waals surface area contributed by atoms with Crippen molar-refractivity contribution in [3.63, 3.8) is 0 Å². The Morgan fingerprint density at radius 1 is 1.00 bits per heavy atom. The van der Waals surface area contributed by atoms with Crippen molar-refractivity contribution in [1.82, 2.24) is 0 Å². The van der Waals surface area contributed by atoms with Crippen molar-refractivity contribution in [2.75, 3.05) is 6.61 Å². The van der Waals surface area contributed by atoms with Crippen LogP contribution in [0.15, 0.2) is 60.7 Å². The van der Waals surface area contributed by atoms with E-state index in [0.29, 0.717) is 6.61 Å². The van der Waals surface area contributed by atoms with Gasteiger partial charge in [0.05, 0.1) is 6.61 Å². The molecule has 0 aromatic heterocycles. The first-order valence-electron chi connectivity index (χ1n) is 6.71. The molecule has 0 aliphatic heterocycles. The molecule has 0 aliphatic carbocycles. The van der Waals surface area contributed by atoms with Crippen molar-refractivity contribution in [3.8, 4) is 11.1 Å². The number of allylic oxidation sites excluding steroid dienone is 1. The summed E-state index contributed by atoms with van der Waals surface area (Å²) in [6, 6.07) is 18.4. The van der Waals surface area contributed by atoms with Gasteiger partial charge in [-0.05, 0) is 36.1 Å². The third-order valence-corrected chi connectivity index (χ3v) is 3.07. The van der Waals surface area contributed by atoms with Crippen molar-refractivity contribution >= 4 is 11.5 Å². The number of hydrogen-bond acceptors (Lipinski definition) is 2. The Kier molecular flexibility index (Phi) is 4.72. The maximum Gasteiger partial charge on any atom is 0.331 e. The summed E-state index contributed by atoms with van der Waals surface area (Å²) in [6.45, 7) is 4.11. The quantitative estimate of drug-likeness (QED) is 0.608. The minimum atomic E-state index is -0.294. The molecule has 0 bridgehead atoms. The summed E-state index contributed by atoms with van der Waals surface area (Å²) in [5.41, 5.74) is 4.28. The van der Waals surface area contributed by atoms with Gasteiger partial charge in [0.15, 0.2) is 0 Å². The molecule has 2 aromatic carbocycles. The third-order valence-electron chi connectivity index (χ3n) is 3.07. The Balaban J connectivity index is 2.18. The molecule has 0 N–H and O–H groups in total. The van der Waals surface area contributed by atoms with Crippen LogP contribution < -0.4 is 0 Å². The van der Waals surface area contributed by atoms with Crippen LogP contribution >= 0.6 is 0 Å². The zero-order chi connectivity index (χ0) is 14.4. The van der Waals surface area contributed by atoms with Gasteiger partial charge in [-0.1, -0.05) is 54.6 Å². The van der Waals surface area contributed by atoms with Crippen molar-refractivity contribution < 1.29 is 9.53 Å². The molecule has 0 radical (unpaired) electrons. The van der Waals surface area contributed by atoms with Crippen LogP contribution in [0.3, 0.4) is 0 Å². The van der Waals surface area contributed by atoms with E-state index < -0.39 is 0 Å². The lowest BCUT2D eigenvalue weighted by Gasteiger charge is -2.05. The molecule has 20 heavy (non-hydrogen) atoms. The Bertz CT molecular complexity index is 595. The van der Waals surface area contributed by atoms with Crippen molar-refractivity contribution in [1.29, 1.82) is 0 Å². The predicted molar refractivity (Wildman–Crippen MR) is 82.2 cm³/mol. The molecule has 0 saturated carbocycles. The predicted octanol–water partition coefficient (Wildman–Crippen LogP) is 4.32. The maximum atomic E-state index is 11.4. The number of rotatable bonds is 4. The lowest BCUT2D eigenvalue weighted by atomic mass is 10.0. The number of esters is 1. The monoisotopic (exact) mass is 266 g/mol. The summed E-state index contributed by atoms with van der Waals surface area (Å²) in [6.07, 6.45) is 1.53. The molecule has 2 heteroatoms. The van der Waals surface area contributed by atoms with Crippen LogP contribution in [0.4, 0.5) is 0 Å². The van der Waals surface area contributed by atoms with E-state index in [0.717, 1.165) is 11.1 Å². The summed E-state index contributed by atoms with van der Waals surface area (Å²) < 4.78 is 4.91. The molecular weight excluding hydrogens is 248 g/mol. The van der Waals surface area contributed by atoms with Crippen LogP contribution in [-0.2, 0) is 9.53 Å². The Hall–Kier alpha value is -2.35. The third kappa shape index (κ3) is 3.58. The normalized spacial score (nSPS) is 11.2. The van der Waals surface area contributed by atoms with Gasteiger partial charge in [0, 0.05) is 6.08 Å². The second-order valence-electron chi connectivity index (χ2n) is 4.52. The first-order valence-corrected chi connectivity index (χ1v) is 6.71. The number of hydrogen-bond donors (Lipinski definition) is 0.